The second-order valence-electron chi connectivity index (χ2n) is 3.27. The second-order valence-corrected chi connectivity index (χ2v) is 3.27. The first kappa shape index (κ1) is 7.84. The maximum Gasteiger partial charge on any atom is -0.0199 e. The van der Waals surface area contributed by atoms with Crippen molar-refractivity contribution in [2.75, 3.05) is 0 Å². The average Bonchev–Trinajstić information content (AvgIpc) is 1.84. The Kier molecular flexibility index (Phi) is 3.56. The van der Waals surface area contributed by atoms with Crippen molar-refractivity contribution in [3.05, 3.63) is 12.2 Å². The third-order valence-electron chi connectivity index (χ3n) is 2.28. The van der Waals surface area contributed by atoms with Crippen molar-refractivity contribution < 1.29 is 0 Å². The molecule has 0 heterocycles. The molecule has 0 amide bonds. The molecule has 1 rings (SSSR count). The summed E-state index contributed by atoms with van der Waals surface area (Å²) in [4.78, 5) is 0. The Labute approximate surface area is 64.3 Å². The number of rotatable bonds is 5. The van der Waals surface area contributed by atoms with Crippen LogP contribution in [0.25, 0.3) is 0 Å². The number of unbranched alkanes of at least 4 members (excludes halogenated alkanes) is 3. The zero-order chi connectivity index (χ0) is 7.23. The van der Waals surface area contributed by atoms with E-state index >= 15 is 0 Å². The maximum atomic E-state index is 2.35. The topological polar surface area (TPSA) is 0 Å². The molecule has 1 aliphatic rings. The van der Waals surface area contributed by atoms with E-state index in [0.29, 0.717) is 0 Å². The highest BCUT2D eigenvalue weighted by molar-refractivity contribution is 5.01. The quantitative estimate of drug-likeness (QED) is 0.402. The molecule has 0 aromatic carbocycles. The number of hydrogen-bond acceptors (Lipinski definition) is 0. The maximum absolute atomic E-state index is 2.35. The van der Waals surface area contributed by atoms with Gasteiger partial charge in [0.15, 0.2) is 0 Å². The van der Waals surface area contributed by atoms with Crippen LogP contribution in [0.3, 0.4) is 0 Å². The van der Waals surface area contributed by atoms with Crippen molar-refractivity contribution in [3.8, 4) is 0 Å². The Hall–Kier alpha value is -0.260. The van der Waals surface area contributed by atoms with Gasteiger partial charge in [-0.05, 0) is 18.8 Å². The Balaban J connectivity index is 1.81. The summed E-state index contributed by atoms with van der Waals surface area (Å²) in [6.07, 6.45) is 13.1. The molecule has 0 N–H and O–H groups in total. The van der Waals surface area contributed by atoms with Crippen LogP contribution in [0.2, 0.25) is 0 Å². The van der Waals surface area contributed by atoms with Crippen LogP contribution in [-0.4, -0.2) is 0 Å². The molecule has 0 aromatic heterocycles. The summed E-state index contributed by atoms with van der Waals surface area (Å²) in [6, 6.07) is 0. The number of allylic oxidation sites excluding steroid dienone is 2. The molecule has 1 atom stereocenters. The van der Waals surface area contributed by atoms with E-state index in [0.717, 1.165) is 5.92 Å². The largest absolute Gasteiger partial charge is 0.0877 e. The fraction of sp³-hybridized carbons (Fsp3) is 0.800. The summed E-state index contributed by atoms with van der Waals surface area (Å²) in [5, 5.41) is 0. The van der Waals surface area contributed by atoms with Crippen LogP contribution in [0.15, 0.2) is 12.2 Å². The standard InChI is InChI=1S/C10H18/c1-2-3-4-5-7-10-8-6-9-10/h6,8,10H,2-5,7,9H2,1H3. The van der Waals surface area contributed by atoms with Crippen molar-refractivity contribution >= 4 is 0 Å². The molecule has 1 unspecified atom stereocenters. The Morgan fingerprint density at radius 3 is 2.60 bits per heavy atom. The minimum absolute atomic E-state index is 0.955. The fourth-order valence-corrected chi connectivity index (χ4v) is 1.38. The van der Waals surface area contributed by atoms with E-state index in [1.807, 2.05) is 0 Å². The highest BCUT2D eigenvalue weighted by atomic mass is 14.1. The van der Waals surface area contributed by atoms with Gasteiger partial charge in [-0.25, -0.2) is 0 Å². The molecule has 0 fully saturated rings. The van der Waals surface area contributed by atoms with E-state index in [4.69, 9.17) is 0 Å². The predicted molar refractivity (Wildman–Crippen MR) is 46.0 cm³/mol. The van der Waals surface area contributed by atoms with Crippen LogP contribution >= 0.6 is 0 Å². The van der Waals surface area contributed by atoms with Gasteiger partial charge >= 0.3 is 0 Å². The van der Waals surface area contributed by atoms with Gasteiger partial charge in [-0.2, -0.15) is 0 Å². The van der Waals surface area contributed by atoms with E-state index < -0.39 is 0 Å². The first-order valence-electron chi connectivity index (χ1n) is 4.60. The lowest BCUT2D eigenvalue weighted by atomic mass is 9.90. The molecule has 10 heavy (non-hydrogen) atoms. The molecule has 58 valence electrons. The lowest BCUT2D eigenvalue weighted by molar-refractivity contribution is 0.507. The zero-order valence-corrected chi connectivity index (χ0v) is 6.97. The van der Waals surface area contributed by atoms with E-state index in [1.165, 1.54) is 38.5 Å². The van der Waals surface area contributed by atoms with Crippen LogP contribution in [-0.2, 0) is 0 Å². The molecule has 0 aliphatic heterocycles. The van der Waals surface area contributed by atoms with Crippen molar-refractivity contribution in [3.63, 3.8) is 0 Å². The van der Waals surface area contributed by atoms with Gasteiger partial charge in [0.25, 0.3) is 0 Å². The van der Waals surface area contributed by atoms with Crippen LogP contribution < -0.4 is 0 Å². The Morgan fingerprint density at radius 1 is 1.30 bits per heavy atom. The van der Waals surface area contributed by atoms with Crippen molar-refractivity contribution in [2.24, 2.45) is 5.92 Å². The van der Waals surface area contributed by atoms with E-state index in [2.05, 4.69) is 19.1 Å². The molecule has 1 aliphatic carbocycles. The second kappa shape index (κ2) is 4.54. The lowest BCUT2D eigenvalue weighted by Crippen LogP contribution is -2.01. The minimum atomic E-state index is 0.955. The summed E-state index contributed by atoms with van der Waals surface area (Å²) >= 11 is 0. The SMILES string of the molecule is CCCCCCC1C=CC1. The molecule has 0 radical (unpaired) electrons. The molecule has 0 spiro atoms. The van der Waals surface area contributed by atoms with E-state index in [9.17, 15) is 0 Å². The predicted octanol–water partition coefficient (Wildman–Crippen LogP) is 3.53. The minimum Gasteiger partial charge on any atom is -0.0877 e. The molecule has 0 saturated carbocycles. The molecular formula is C10H18. The lowest BCUT2D eigenvalue weighted by Gasteiger charge is -2.16. The molecule has 0 nitrogen and oxygen atoms in total. The Bertz CT molecular complexity index is 103. The molecular weight excluding hydrogens is 120 g/mol. The van der Waals surface area contributed by atoms with Gasteiger partial charge in [0, 0.05) is 0 Å². The van der Waals surface area contributed by atoms with Gasteiger partial charge < -0.3 is 0 Å². The highest BCUT2D eigenvalue weighted by Crippen LogP contribution is 2.22. The van der Waals surface area contributed by atoms with E-state index in [-0.39, 0.29) is 0 Å². The van der Waals surface area contributed by atoms with Crippen LogP contribution in [0.1, 0.15) is 45.4 Å². The highest BCUT2D eigenvalue weighted by Gasteiger charge is 2.07. The van der Waals surface area contributed by atoms with Crippen LogP contribution in [0, 0.1) is 5.92 Å². The normalized spacial score (nSPS) is 22.7. The third-order valence-corrected chi connectivity index (χ3v) is 2.28. The summed E-state index contributed by atoms with van der Waals surface area (Å²) in [6.45, 7) is 2.27. The van der Waals surface area contributed by atoms with Crippen LogP contribution in [0.5, 0.6) is 0 Å². The van der Waals surface area contributed by atoms with Crippen LogP contribution in [0.4, 0.5) is 0 Å². The van der Waals surface area contributed by atoms with Gasteiger partial charge in [0.05, 0.1) is 0 Å². The first-order valence-corrected chi connectivity index (χ1v) is 4.60. The van der Waals surface area contributed by atoms with Gasteiger partial charge in [0.1, 0.15) is 0 Å². The molecule has 0 saturated heterocycles. The zero-order valence-electron chi connectivity index (χ0n) is 6.97. The van der Waals surface area contributed by atoms with Crippen molar-refractivity contribution in [1.29, 1.82) is 0 Å². The van der Waals surface area contributed by atoms with Gasteiger partial charge in [-0.1, -0.05) is 44.8 Å². The molecule has 0 heteroatoms. The molecule has 0 aromatic rings. The van der Waals surface area contributed by atoms with Gasteiger partial charge in [-0.3, -0.25) is 0 Å². The average molecular weight is 138 g/mol. The first-order chi connectivity index (χ1) is 4.93. The summed E-state index contributed by atoms with van der Waals surface area (Å²) in [5.74, 6) is 0.955. The summed E-state index contributed by atoms with van der Waals surface area (Å²) in [7, 11) is 0. The van der Waals surface area contributed by atoms with Crippen molar-refractivity contribution in [1.82, 2.24) is 0 Å². The summed E-state index contributed by atoms with van der Waals surface area (Å²) < 4.78 is 0. The molecule has 0 bridgehead atoms. The summed E-state index contributed by atoms with van der Waals surface area (Å²) in [5.41, 5.74) is 0. The van der Waals surface area contributed by atoms with Crippen molar-refractivity contribution in [2.45, 2.75) is 45.4 Å². The monoisotopic (exact) mass is 138 g/mol. The third kappa shape index (κ3) is 2.55. The Morgan fingerprint density at radius 2 is 2.10 bits per heavy atom. The van der Waals surface area contributed by atoms with Gasteiger partial charge in [0.2, 0.25) is 0 Å². The smallest absolute Gasteiger partial charge is 0.0199 e. The van der Waals surface area contributed by atoms with Gasteiger partial charge in [-0.15, -0.1) is 0 Å². The fourth-order valence-electron chi connectivity index (χ4n) is 1.38. The number of hydrogen-bond donors (Lipinski definition) is 0. The van der Waals surface area contributed by atoms with E-state index in [1.54, 1.807) is 0 Å².